The maximum absolute atomic E-state index is 13.4. The molecule has 0 bridgehead atoms. The summed E-state index contributed by atoms with van der Waals surface area (Å²) in [6.45, 7) is 12.0. The van der Waals surface area contributed by atoms with Crippen LogP contribution < -0.4 is 15.6 Å². The monoisotopic (exact) mass is 463 g/mol. The molecule has 4 rings (SSSR count). The number of nitrogens with zero attached hydrogens (tertiary/aromatic N) is 4. The summed E-state index contributed by atoms with van der Waals surface area (Å²) in [5, 5.41) is 4.29. The Kier molecular flexibility index (Phi) is 7.83. The highest BCUT2D eigenvalue weighted by Crippen LogP contribution is 2.32. The highest BCUT2D eigenvalue weighted by Gasteiger charge is 2.22. The van der Waals surface area contributed by atoms with E-state index in [2.05, 4.69) is 47.9 Å². The van der Waals surface area contributed by atoms with E-state index in [4.69, 9.17) is 4.74 Å². The molecule has 0 aromatic carbocycles. The van der Waals surface area contributed by atoms with E-state index in [-0.39, 0.29) is 17.5 Å². The van der Waals surface area contributed by atoms with Gasteiger partial charge in [-0.2, -0.15) is 0 Å². The molecule has 1 aliphatic carbocycles. The first-order chi connectivity index (χ1) is 16.5. The van der Waals surface area contributed by atoms with Gasteiger partial charge in [0.15, 0.2) is 0 Å². The fourth-order valence-corrected chi connectivity index (χ4v) is 4.76. The standard InChI is InChI=1S/C27H37N5O2/c1-5-31(6-2)13-14-34-22-11-12-25(29-18-22)30-26-16-24-20(17-28-26)15-23(19(3)4)27(33)32(24)21-9-7-8-10-21/h11-12,15-19,21H,5-10,13-14H2,1-4H3,(H,28,29,30). The molecule has 0 saturated heterocycles. The fourth-order valence-electron chi connectivity index (χ4n) is 4.76. The summed E-state index contributed by atoms with van der Waals surface area (Å²) in [4.78, 5) is 24.8. The van der Waals surface area contributed by atoms with E-state index in [1.807, 2.05) is 35.0 Å². The molecule has 1 fully saturated rings. The Balaban J connectivity index is 1.54. The smallest absolute Gasteiger partial charge is 0.254 e. The fraction of sp³-hybridized carbons (Fsp3) is 0.519. The summed E-state index contributed by atoms with van der Waals surface area (Å²) in [6, 6.07) is 8.06. The third-order valence-corrected chi connectivity index (χ3v) is 6.82. The molecule has 0 radical (unpaired) electrons. The van der Waals surface area contributed by atoms with E-state index < -0.39 is 0 Å². The quantitative estimate of drug-likeness (QED) is 0.428. The first-order valence-corrected chi connectivity index (χ1v) is 12.6. The summed E-state index contributed by atoms with van der Waals surface area (Å²) in [5.74, 6) is 2.30. The van der Waals surface area contributed by atoms with E-state index in [1.165, 1.54) is 12.8 Å². The zero-order chi connectivity index (χ0) is 24.1. The topological polar surface area (TPSA) is 72.3 Å². The molecular formula is C27H37N5O2. The van der Waals surface area contributed by atoms with Crippen molar-refractivity contribution in [3.05, 3.63) is 52.6 Å². The van der Waals surface area contributed by atoms with Crippen LogP contribution in [0.4, 0.5) is 11.6 Å². The van der Waals surface area contributed by atoms with Crippen LogP contribution in [0.1, 0.15) is 70.9 Å². The highest BCUT2D eigenvalue weighted by molar-refractivity contribution is 5.82. The Bertz CT molecular complexity index is 1150. The van der Waals surface area contributed by atoms with Crippen LogP contribution in [-0.2, 0) is 0 Å². The van der Waals surface area contributed by atoms with Crippen LogP contribution >= 0.6 is 0 Å². The molecule has 34 heavy (non-hydrogen) atoms. The largest absolute Gasteiger partial charge is 0.491 e. The summed E-state index contributed by atoms with van der Waals surface area (Å²) in [5.41, 5.74) is 1.94. The number of pyridine rings is 3. The third kappa shape index (κ3) is 5.41. The van der Waals surface area contributed by atoms with Gasteiger partial charge in [-0.25, -0.2) is 9.97 Å². The molecule has 3 aromatic rings. The molecule has 0 atom stereocenters. The van der Waals surface area contributed by atoms with Crippen LogP contribution in [0.3, 0.4) is 0 Å². The SMILES string of the molecule is CCN(CC)CCOc1ccc(Nc2cc3c(cn2)cc(C(C)C)c(=O)n3C2CCCC2)nc1. The van der Waals surface area contributed by atoms with Crippen molar-refractivity contribution in [3.8, 4) is 5.75 Å². The molecule has 1 aliphatic rings. The van der Waals surface area contributed by atoms with Gasteiger partial charge in [0.1, 0.15) is 24.0 Å². The summed E-state index contributed by atoms with van der Waals surface area (Å²) >= 11 is 0. The predicted molar refractivity (Wildman–Crippen MR) is 138 cm³/mol. The lowest BCUT2D eigenvalue weighted by molar-refractivity contribution is 0.222. The number of hydrogen-bond acceptors (Lipinski definition) is 6. The Labute approximate surface area is 202 Å². The van der Waals surface area contributed by atoms with Crippen molar-refractivity contribution in [1.82, 2.24) is 19.4 Å². The number of anilines is 2. The molecule has 3 aromatic heterocycles. The lowest BCUT2D eigenvalue weighted by Gasteiger charge is -2.20. The average molecular weight is 464 g/mol. The minimum atomic E-state index is 0.135. The number of ether oxygens (including phenoxy) is 1. The van der Waals surface area contributed by atoms with Crippen LogP contribution in [-0.4, -0.2) is 45.7 Å². The minimum Gasteiger partial charge on any atom is -0.491 e. The molecule has 0 aliphatic heterocycles. The molecule has 0 amide bonds. The number of fused-ring (bicyclic) bond motifs is 1. The second-order valence-electron chi connectivity index (χ2n) is 9.38. The first kappa shape index (κ1) is 24.2. The number of aromatic nitrogens is 3. The molecular weight excluding hydrogens is 426 g/mol. The van der Waals surface area contributed by atoms with E-state index in [1.54, 1.807) is 6.20 Å². The van der Waals surface area contributed by atoms with E-state index >= 15 is 0 Å². The summed E-state index contributed by atoms with van der Waals surface area (Å²) in [7, 11) is 0. The van der Waals surface area contributed by atoms with Gasteiger partial charge in [-0.1, -0.05) is 40.5 Å². The van der Waals surface area contributed by atoms with E-state index in [9.17, 15) is 4.79 Å². The Morgan fingerprint density at radius 2 is 1.82 bits per heavy atom. The summed E-state index contributed by atoms with van der Waals surface area (Å²) in [6.07, 6.45) is 8.05. The van der Waals surface area contributed by atoms with Crippen molar-refractivity contribution in [2.75, 3.05) is 31.6 Å². The molecule has 0 spiro atoms. The summed E-state index contributed by atoms with van der Waals surface area (Å²) < 4.78 is 7.85. The van der Waals surface area contributed by atoms with Gasteiger partial charge in [0.05, 0.1) is 11.7 Å². The molecule has 182 valence electrons. The van der Waals surface area contributed by atoms with E-state index in [0.29, 0.717) is 18.2 Å². The van der Waals surface area contributed by atoms with Crippen molar-refractivity contribution in [2.24, 2.45) is 0 Å². The van der Waals surface area contributed by atoms with Crippen LogP contribution in [0.25, 0.3) is 10.9 Å². The Morgan fingerprint density at radius 1 is 1.09 bits per heavy atom. The van der Waals surface area contributed by atoms with Gasteiger partial charge in [-0.05, 0) is 50.0 Å². The van der Waals surface area contributed by atoms with Gasteiger partial charge in [0, 0.05) is 35.8 Å². The van der Waals surface area contributed by atoms with Crippen LogP contribution in [0.2, 0.25) is 0 Å². The molecule has 7 nitrogen and oxygen atoms in total. The average Bonchev–Trinajstić information content (AvgIpc) is 3.37. The second kappa shape index (κ2) is 11.0. The second-order valence-corrected chi connectivity index (χ2v) is 9.38. The van der Waals surface area contributed by atoms with Gasteiger partial charge < -0.3 is 19.5 Å². The number of rotatable bonds is 10. The normalized spacial score (nSPS) is 14.4. The van der Waals surface area contributed by atoms with Gasteiger partial charge in [0.2, 0.25) is 0 Å². The maximum atomic E-state index is 13.4. The van der Waals surface area contributed by atoms with Crippen molar-refractivity contribution in [3.63, 3.8) is 0 Å². The van der Waals surface area contributed by atoms with Crippen LogP contribution in [0.5, 0.6) is 5.75 Å². The number of likely N-dealkylation sites (N-methyl/N-ethyl adjacent to an activating group) is 1. The molecule has 3 heterocycles. The molecule has 1 N–H and O–H groups in total. The van der Waals surface area contributed by atoms with Crippen molar-refractivity contribution >= 4 is 22.5 Å². The van der Waals surface area contributed by atoms with Crippen molar-refractivity contribution in [2.45, 2.75) is 65.3 Å². The lowest BCUT2D eigenvalue weighted by Crippen LogP contribution is -2.27. The van der Waals surface area contributed by atoms with Gasteiger partial charge in [-0.3, -0.25) is 4.79 Å². The minimum absolute atomic E-state index is 0.135. The zero-order valence-corrected chi connectivity index (χ0v) is 20.9. The molecule has 0 unspecified atom stereocenters. The van der Waals surface area contributed by atoms with Gasteiger partial charge in [-0.15, -0.1) is 0 Å². The van der Waals surface area contributed by atoms with Crippen molar-refractivity contribution in [1.29, 1.82) is 0 Å². The maximum Gasteiger partial charge on any atom is 0.254 e. The lowest BCUT2D eigenvalue weighted by atomic mass is 10.0. The van der Waals surface area contributed by atoms with Crippen LogP contribution in [0.15, 0.2) is 41.5 Å². The van der Waals surface area contributed by atoms with Gasteiger partial charge >= 0.3 is 0 Å². The third-order valence-electron chi connectivity index (χ3n) is 6.82. The number of hydrogen-bond donors (Lipinski definition) is 1. The highest BCUT2D eigenvalue weighted by atomic mass is 16.5. The van der Waals surface area contributed by atoms with Crippen LogP contribution in [0, 0.1) is 0 Å². The first-order valence-electron chi connectivity index (χ1n) is 12.6. The van der Waals surface area contributed by atoms with E-state index in [0.717, 1.165) is 54.7 Å². The molecule has 7 heteroatoms. The zero-order valence-electron chi connectivity index (χ0n) is 20.9. The molecule has 1 saturated carbocycles. The Morgan fingerprint density at radius 3 is 2.47 bits per heavy atom. The van der Waals surface area contributed by atoms with Gasteiger partial charge in [0.25, 0.3) is 5.56 Å². The predicted octanol–water partition coefficient (Wildman–Crippen LogP) is 5.49. The van der Waals surface area contributed by atoms with Crippen molar-refractivity contribution < 1.29 is 4.74 Å². The number of nitrogens with one attached hydrogen (secondary N) is 1. The Hall–Kier alpha value is -2.93.